The van der Waals surface area contributed by atoms with Gasteiger partial charge in [-0.1, -0.05) is 6.07 Å². The van der Waals surface area contributed by atoms with Crippen LogP contribution in [0.4, 0.5) is 14.9 Å². The van der Waals surface area contributed by atoms with Crippen LogP contribution in [0.5, 0.6) is 11.5 Å². The molecule has 0 bridgehead atoms. The minimum absolute atomic E-state index is 0.0988. The fourth-order valence-corrected chi connectivity index (χ4v) is 2.65. The molecule has 4 rings (SSSR count). The van der Waals surface area contributed by atoms with E-state index in [-0.39, 0.29) is 18.1 Å². The summed E-state index contributed by atoms with van der Waals surface area (Å²) in [5, 5.41) is 2.10. The van der Waals surface area contributed by atoms with E-state index in [2.05, 4.69) is 5.32 Å². The van der Waals surface area contributed by atoms with Crippen molar-refractivity contribution in [2.24, 2.45) is 0 Å². The first-order chi connectivity index (χ1) is 12.5. The number of halogens is 1. The molecule has 2 aromatic carbocycles. The molecule has 1 saturated heterocycles. The van der Waals surface area contributed by atoms with Crippen molar-refractivity contribution >= 4 is 29.6 Å². The molecule has 8 heteroatoms. The van der Waals surface area contributed by atoms with Gasteiger partial charge in [-0.25, -0.2) is 14.1 Å². The molecule has 0 radical (unpaired) electrons. The third-order valence-corrected chi connectivity index (χ3v) is 3.89. The van der Waals surface area contributed by atoms with Gasteiger partial charge in [0.15, 0.2) is 11.5 Å². The van der Waals surface area contributed by atoms with Crippen LogP contribution < -0.4 is 19.7 Å². The van der Waals surface area contributed by atoms with Crippen molar-refractivity contribution in [2.45, 2.75) is 0 Å². The molecule has 0 aliphatic carbocycles. The number of rotatable bonds is 2. The highest BCUT2D eigenvalue weighted by molar-refractivity contribution is 6.39. The quantitative estimate of drug-likeness (QED) is 0.660. The molecular weight excluding hydrogens is 343 g/mol. The molecular formula is C18H11FN2O5. The van der Waals surface area contributed by atoms with Gasteiger partial charge in [0.1, 0.15) is 11.4 Å². The lowest BCUT2D eigenvalue weighted by Crippen LogP contribution is -2.54. The third kappa shape index (κ3) is 2.67. The Labute approximate surface area is 146 Å². The van der Waals surface area contributed by atoms with Gasteiger partial charge in [0, 0.05) is 0 Å². The van der Waals surface area contributed by atoms with Gasteiger partial charge in [-0.2, -0.15) is 0 Å². The van der Waals surface area contributed by atoms with Crippen LogP contribution in [0.25, 0.3) is 6.08 Å². The van der Waals surface area contributed by atoms with Gasteiger partial charge in [0.05, 0.1) is 5.69 Å². The van der Waals surface area contributed by atoms with Gasteiger partial charge >= 0.3 is 6.03 Å². The maximum Gasteiger partial charge on any atom is 0.335 e. The molecule has 2 heterocycles. The Morgan fingerprint density at radius 2 is 1.73 bits per heavy atom. The summed E-state index contributed by atoms with van der Waals surface area (Å²) in [6.07, 6.45) is 1.35. The number of urea groups is 1. The zero-order valence-electron chi connectivity index (χ0n) is 13.2. The number of carbonyl (C=O) groups is 3. The van der Waals surface area contributed by atoms with Crippen LogP contribution in [0.15, 0.2) is 48.0 Å². The Morgan fingerprint density at radius 1 is 1.00 bits per heavy atom. The Hall–Kier alpha value is -3.68. The predicted molar refractivity (Wildman–Crippen MR) is 88.0 cm³/mol. The molecule has 0 aromatic heterocycles. The number of imide groups is 2. The molecule has 2 aliphatic heterocycles. The van der Waals surface area contributed by atoms with Gasteiger partial charge in [-0.3, -0.25) is 14.9 Å². The molecule has 0 spiro atoms. The molecule has 4 amide bonds. The normalized spacial score (nSPS) is 17.7. The van der Waals surface area contributed by atoms with Gasteiger partial charge in [-0.05, 0) is 48.0 Å². The summed E-state index contributed by atoms with van der Waals surface area (Å²) in [5.74, 6) is -1.06. The number of hydrogen-bond donors (Lipinski definition) is 1. The van der Waals surface area contributed by atoms with Crippen LogP contribution in [-0.4, -0.2) is 24.6 Å². The number of nitrogens with one attached hydrogen (secondary N) is 1. The zero-order chi connectivity index (χ0) is 18.3. The summed E-state index contributed by atoms with van der Waals surface area (Å²) in [5.41, 5.74) is 0.451. The van der Waals surface area contributed by atoms with E-state index in [9.17, 15) is 18.8 Å². The minimum Gasteiger partial charge on any atom is -0.454 e. The minimum atomic E-state index is -0.894. The van der Waals surface area contributed by atoms with Crippen molar-refractivity contribution in [3.8, 4) is 11.5 Å². The highest BCUT2D eigenvalue weighted by Crippen LogP contribution is 2.33. The summed E-state index contributed by atoms with van der Waals surface area (Å²) >= 11 is 0. The lowest BCUT2D eigenvalue weighted by molar-refractivity contribution is -0.122. The number of ether oxygens (including phenoxy) is 2. The molecule has 2 aliphatic rings. The van der Waals surface area contributed by atoms with Crippen molar-refractivity contribution in [1.82, 2.24) is 5.32 Å². The van der Waals surface area contributed by atoms with E-state index in [0.29, 0.717) is 17.1 Å². The molecule has 0 saturated carbocycles. The number of fused-ring (bicyclic) bond motifs is 1. The van der Waals surface area contributed by atoms with E-state index >= 15 is 0 Å². The zero-order valence-corrected chi connectivity index (χ0v) is 13.2. The molecule has 1 fully saturated rings. The summed E-state index contributed by atoms with van der Waals surface area (Å²) in [6, 6.07) is 8.83. The predicted octanol–water partition coefficient (Wildman–Crippen LogP) is 2.22. The first-order valence-electron chi connectivity index (χ1n) is 7.59. The fourth-order valence-electron chi connectivity index (χ4n) is 2.65. The van der Waals surface area contributed by atoms with Gasteiger partial charge in [-0.15, -0.1) is 0 Å². The summed E-state index contributed by atoms with van der Waals surface area (Å²) < 4.78 is 23.6. The molecule has 130 valence electrons. The second kappa shape index (κ2) is 5.99. The van der Waals surface area contributed by atoms with Crippen LogP contribution in [0.3, 0.4) is 0 Å². The second-order valence-electron chi connectivity index (χ2n) is 5.55. The van der Waals surface area contributed by atoms with E-state index in [1.807, 2.05) is 0 Å². The number of anilines is 1. The van der Waals surface area contributed by atoms with Crippen LogP contribution in [0.2, 0.25) is 0 Å². The molecule has 7 nitrogen and oxygen atoms in total. The Balaban J connectivity index is 1.71. The van der Waals surface area contributed by atoms with E-state index in [4.69, 9.17) is 9.47 Å². The topological polar surface area (TPSA) is 84.9 Å². The van der Waals surface area contributed by atoms with Gasteiger partial charge < -0.3 is 9.47 Å². The van der Waals surface area contributed by atoms with Crippen LogP contribution in [0, 0.1) is 5.82 Å². The van der Waals surface area contributed by atoms with E-state index in [1.165, 1.54) is 18.2 Å². The van der Waals surface area contributed by atoms with E-state index in [1.54, 1.807) is 18.2 Å². The van der Waals surface area contributed by atoms with E-state index in [0.717, 1.165) is 17.0 Å². The maximum atomic E-state index is 13.1. The number of hydrogen-bond acceptors (Lipinski definition) is 5. The number of amides is 4. The van der Waals surface area contributed by atoms with Crippen molar-refractivity contribution < 1.29 is 28.2 Å². The van der Waals surface area contributed by atoms with Gasteiger partial charge in [0.25, 0.3) is 11.8 Å². The number of nitrogens with zero attached hydrogens (tertiary/aromatic N) is 1. The standard InChI is InChI=1S/C18H11FN2O5/c19-11-2-4-12(5-3-11)21-17(23)13(16(22)20-18(21)24)7-10-1-6-14-15(8-10)26-9-25-14/h1-8H,9H2,(H,20,22,24)/b13-7+. The SMILES string of the molecule is O=C1NC(=O)N(c2ccc(F)cc2)C(=O)/C1=C/c1ccc2c(c1)OCO2. The summed E-state index contributed by atoms with van der Waals surface area (Å²) in [4.78, 5) is 37.7. The molecule has 26 heavy (non-hydrogen) atoms. The van der Waals surface area contributed by atoms with Gasteiger partial charge in [0.2, 0.25) is 6.79 Å². The second-order valence-corrected chi connectivity index (χ2v) is 5.55. The van der Waals surface area contributed by atoms with Crippen LogP contribution in [-0.2, 0) is 9.59 Å². The maximum absolute atomic E-state index is 13.1. The number of barbiturate groups is 1. The van der Waals surface area contributed by atoms with Crippen molar-refractivity contribution in [3.05, 3.63) is 59.4 Å². The lowest BCUT2D eigenvalue weighted by atomic mass is 10.1. The van der Waals surface area contributed by atoms with Crippen LogP contribution in [0.1, 0.15) is 5.56 Å². The Morgan fingerprint density at radius 3 is 2.50 bits per heavy atom. The summed E-state index contributed by atoms with van der Waals surface area (Å²) in [7, 11) is 0. The highest BCUT2D eigenvalue weighted by atomic mass is 19.1. The first-order valence-corrected chi connectivity index (χ1v) is 7.59. The lowest BCUT2D eigenvalue weighted by Gasteiger charge is -2.26. The molecule has 0 unspecified atom stereocenters. The fraction of sp³-hybridized carbons (Fsp3) is 0.0556. The number of carbonyl (C=O) groups excluding carboxylic acids is 3. The van der Waals surface area contributed by atoms with E-state index < -0.39 is 23.7 Å². The Bertz CT molecular complexity index is 968. The van der Waals surface area contributed by atoms with Crippen molar-refractivity contribution in [2.75, 3.05) is 11.7 Å². The summed E-state index contributed by atoms with van der Waals surface area (Å²) in [6.45, 7) is 0.0988. The third-order valence-electron chi connectivity index (χ3n) is 3.89. The molecule has 2 aromatic rings. The highest BCUT2D eigenvalue weighted by Gasteiger charge is 2.36. The van der Waals surface area contributed by atoms with Crippen LogP contribution >= 0.6 is 0 Å². The van der Waals surface area contributed by atoms with Crippen molar-refractivity contribution in [1.29, 1.82) is 0 Å². The average molecular weight is 354 g/mol. The largest absolute Gasteiger partial charge is 0.454 e. The molecule has 0 atom stereocenters. The first kappa shape index (κ1) is 15.8. The Kier molecular flexibility index (Phi) is 3.65. The monoisotopic (exact) mass is 354 g/mol. The smallest absolute Gasteiger partial charge is 0.335 e. The number of benzene rings is 2. The van der Waals surface area contributed by atoms with Crippen molar-refractivity contribution in [3.63, 3.8) is 0 Å². The molecule has 1 N–H and O–H groups in total. The average Bonchev–Trinajstić information content (AvgIpc) is 3.08.